The quantitative estimate of drug-likeness (QED) is 0.885. The number of benzene rings is 1. The largest absolute Gasteiger partial charge is 0.340 e. The second-order valence-corrected chi connectivity index (χ2v) is 4.04. The Labute approximate surface area is 111 Å². The molecular formula is C12H15ClF2N2O. The second-order valence-electron chi connectivity index (χ2n) is 4.04. The minimum absolute atomic E-state index is 0. The van der Waals surface area contributed by atoms with Gasteiger partial charge >= 0.3 is 0 Å². The van der Waals surface area contributed by atoms with E-state index in [2.05, 4.69) is 5.32 Å². The van der Waals surface area contributed by atoms with Crippen LogP contribution in [-0.2, 0) is 11.2 Å². The van der Waals surface area contributed by atoms with E-state index in [0.717, 1.165) is 19.2 Å². The monoisotopic (exact) mass is 276 g/mol. The molecule has 1 fully saturated rings. The van der Waals surface area contributed by atoms with Crippen LogP contribution in [0.1, 0.15) is 5.56 Å². The number of carbonyl (C=O) groups excluding carboxylic acids is 1. The van der Waals surface area contributed by atoms with E-state index in [1.165, 1.54) is 12.1 Å². The van der Waals surface area contributed by atoms with E-state index in [-0.39, 0.29) is 30.3 Å². The van der Waals surface area contributed by atoms with Crippen molar-refractivity contribution < 1.29 is 13.6 Å². The Balaban J connectivity index is 0.00000162. The van der Waals surface area contributed by atoms with Crippen molar-refractivity contribution in [2.75, 3.05) is 26.2 Å². The number of rotatable bonds is 2. The van der Waals surface area contributed by atoms with Gasteiger partial charge in [0.15, 0.2) is 0 Å². The molecule has 0 atom stereocenters. The number of amides is 1. The lowest BCUT2D eigenvalue weighted by atomic mass is 10.1. The van der Waals surface area contributed by atoms with Gasteiger partial charge in [-0.05, 0) is 11.6 Å². The van der Waals surface area contributed by atoms with Crippen LogP contribution in [0.25, 0.3) is 0 Å². The Bertz CT molecular complexity index is 423. The van der Waals surface area contributed by atoms with Crippen molar-refractivity contribution in [3.8, 4) is 0 Å². The number of nitrogens with one attached hydrogen (secondary N) is 1. The molecule has 1 saturated heterocycles. The Hall–Kier alpha value is -1.20. The fourth-order valence-corrected chi connectivity index (χ4v) is 1.85. The van der Waals surface area contributed by atoms with Gasteiger partial charge in [-0.25, -0.2) is 8.78 Å². The summed E-state index contributed by atoms with van der Waals surface area (Å²) in [4.78, 5) is 13.5. The van der Waals surface area contributed by atoms with Gasteiger partial charge in [0, 0.05) is 32.2 Å². The van der Waals surface area contributed by atoms with Crippen LogP contribution in [0.4, 0.5) is 8.78 Å². The van der Waals surface area contributed by atoms with Crippen LogP contribution in [0.2, 0.25) is 0 Å². The fraction of sp³-hybridized carbons (Fsp3) is 0.417. The van der Waals surface area contributed by atoms with Crippen molar-refractivity contribution >= 4 is 18.3 Å². The zero-order valence-corrected chi connectivity index (χ0v) is 10.6. The number of hydrogen-bond donors (Lipinski definition) is 1. The maximum absolute atomic E-state index is 13.4. The van der Waals surface area contributed by atoms with E-state index in [9.17, 15) is 13.6 Å². The van der Waals surface area contributed by atoms with Crippen LogP contribution in [0.15, 0.2) is 18.2 Å². The fourth-order valence-electron chi connectivity index (χ4n) is 1.85. The maximum Gasteiger partial charge on any atom is 0.227 e. The molecule has 100 valence electrons. The summed E-state index contributed by atoms with van der Waals surface area (Å²) in [7, 11) is 0. The number of halogens is 3. The van der Waals surface area contributed by atoms with E-state index < -0.39 is 11.6 Å². The van der Waals surface area contributed by atoms with Gasteiger partial charge in [0.2, 0.25) is 5.91 Å². The van der Waals surface area contributed by atoms with Gasteiger partial charge in [-0.3, -0.25) is 4.79 Å². The predicted octanol–water partition coefficient (Wildman–Crippen LogP) is 1.36. The molecule has 3 nitrogen and oxygen atoms in total. The molecule has 0 saturated carbocycles. The lowest BCUT2D eigenvalue weighted by Crippen LogP contribution is -2.47. The Kier molecular flexibility index (Phi) is 5.50. The van der Waals surface area contributed by atoms with Crippen LogP contribution in [0.5, 0.6) is 0 Å². The second kappa shape index (κ2) is 6.66. The highest BCUT2D eigenvalue weighted by molar-refractivity contribution is 5.85. The SMILES string of the molecule is Cl.O=C(Cc1ccc(F)cc1F)N1CCNCC1. The average Bonchev–Trinajstić information content (AvgIpc) is 2.34. The first-order chi connectivity index (χ1) is 8.16. The molecule has 0 unspecified atom stereocenters. The molecule has 6 heteroatoms. The molecule has 1 aliphatic heterocycles. The summed E-state index contributed by atoms with van der Waals surface area (Å²) in [5.74, 6) is -1.40. The number of hydrogen-bond acceptors (Lipinski definition) is 2. The highest BCUT2D eigenvalue weighted by Gasteiger charge is 2.17. The van der Waals surface area contributed by atoms with E-state index in [1.807, 2.05) is 0 Å². The summed E-state index contributed by atoms with van der Waals surface area (Å²) in [6, 6.07) is 3.30. The van der Waals surface area contributed by atoms with Gasteiger partial charge in [0.05, 0.1) is 6.42 Å². The molecule has 0 aromatic heterocycles. The number of nitrogens with zero attached hydrogens (tertiary/aromatic N) is 1. The average molecular weight is 277 g/mol. The first-order valence-corrected chi connectivity index (χ1v) is 5.59. The van der Waals surface area contributed by atoms with Gasteiger partial charge in [-0.15, -0.1) is 12.4 Å². The van der Waals surface area contributed by atoms with Crippen LogP contribution in [-0.4, -0.2) is 37.0 Å². The van der Waals surface area contributed by atoms with Crippen molar-refractivity contribution in [3.63, 3.8) is 0 Å². The van der Waals surface area contributed by atoms with Crippen molar-refractivity contribution in [1.29, 1.82) is 0 Å². The molecule has 1 aromatic carbocycles. The molecule has 2 rings (SSSR count). The topological polar surface area (TPSA) is 32.3 Å². The van der Waals surface area contributed by atoms with E-state index >= 15 is 0 Å². The van der Waals surface area contributed by atoms with Gasteiger partial charge < -0.3 is 10.2 Å². The Morgan fingerprint density at radius 1 is 1.28 bits per heavy atom. The molecule has 1 aromatic rings. The third-order valence-electron chi connectivity index (χ3n) is 2.83. The molecule has 0 aliphatic carbocycles. The summed E-state index contributed by atoms with van der Waals surface area (Å²) in [6.07, 6.45) is -0.00782. The van der Waals surface area contributed by atoms with E-state index in [0.29, 0.717) is 13.1 Å². The van der Waals surface area contributed by atoms with Gasteiger partial charge in [0.25, 0.3) is 0 Å². The summed E-state index contributed by atoms with van der Waals surface area (Å²) < 4.78 is 26.1. The van der Waals surface area contributed by atoms with Crippen molar-refractivity contribution in [2.24, 2.45) is 0 Å². The molecule has 1 amide bonds. The molecule has 0 spiro atoms. The lowest BCUT2D eigenvalue weighted by Gasteiger charge is -2.27. The minimum Gasteiger partial charge on any atom is -0.340 e. The minimum atomic E-state index is -0.659. The highest BCUT2D eigenvalue weighted by atomic mass is 35.5. The third-order valence-corrected chi connectivity index (χ3v) is 2.83. The first kappa shape index (κ1) is 14.9. The summed E-state index contributed by atoms with van der Waals surface area (Å²) in [5, 5.41) is 3.13. The van der Waals surface area contributed by atoms with Crippen LogP contribution in [0.3, 0.4) is 0 Å². The van der Waals surface area contributed by atoms with Crippen molar-refractivity contribution in [3.05, 3.63) is 35.4 Å². The Morgan fingerprint density at radius 2 is 1.94 bits per heavy atom. The molecule has 18 heavy (non-hydrogen) atoms. The lowest BCUT2D eigenvalue weighted by molar-refractivity contribution is -0.131. The summed E-state index contributed by atoms with van der Waals surface area (Å²) in [5.41, 5.74) is 0.245. The Morgan fingerprint density at radius 3 is 2.56 bits per heavy atom. The van der Waals surface area contributed by atoms with Crippen LogP contribution >= 0.6 is 12.4 Å². The molecule has 0 radical (unpaired) electrons. The zero-order valence-electron chi connectivity index (χ0n) is 9.79. The van der Waals surface area contributed by atoms with Crippen molar-refractivity contribution in [2.45, 2.75) is 6.42 Å². The van der Waals surface area contributed by atoms with Gasteiger partial charge in [-0.1, -0.05) is 6.07 Å². The standard InChI is InChI=1S/C12H14F2N2O.ClH/c13-10-2-1-9(11(14)8-10)7-12(17)16-5-3-15-4-6-16;/h1-2,8,15H,3-7H2;1H. The third kappa shape index (κ3) is 3.65. The van der Waals surface area contributed by atoms with E-state index in [4.69, 9.17) is 0 Å². The van der Waals surface area contributed by atoms with Crippen molar-refractivity contribution in [1.82, 2.24) is 10.2 Å². The highest BCUT2D eigenvalue weighted by Crippen LogP contribution is 2.11. The van der Waals surface area contributed by atoms with Crippen LogP contribution < -0.4 is 5.32 Å². The normalized spacial score (nSPS) is 15.1. The molecular weight excluding hydrogens is 262 g/mol. The smallest absolute Gasteiger partial charge is 0.227 e. The zero-order chi connectivity index (χ0) is 12.3. The maximum atomic E-state index is 13.4. The van der Waals surface area contributed by atoms with Gasteiger partial charge in [0.1, 0.15) is 11.6 Å². The summed E-state index contributed by atoms with van der Waals surface area (Å²) in [6.45, 7) is 2.80. The molecule has 1 heterocycles. The summed E-state index contributed by atoms with van der Waals surface area (Å²) >= 11 is 0. The predicted molar refractivity (Wildman–Crippen MR) is 66.8 cm³/mol. The van der Waals surface area contributed by atoms with Crippen LogP contribution in [0, 0.1) is 11.6 Å². The number of carbonyl (C=O) groups is 1. The molecule has 1 aliphatic rings. The van der Waals surface area contributed by atoms with E-state index in [1.54, 1.807) is 4.90 Å². The first-order valence-electron chi connectivity index (χ1n) is 5.59. The molecule has 1 N–H and O–H groups in total. The van der Waals surface area contributed by atoms with Gasteiger partial charge in [-0.2, -0.15) is 0 Å². The molecule has 0 bridgehead atoms. The number of piperazine rings is 1.